The van der Waals surface area contributed by atoms with E-state index >= 15 is 0 Å². The van der Waals surface area contributed by atoms with E-state index in [-0.39, 0.29) is 0 Å². The molecule has 0 N–H and O–H groups in total. The van der Waals surface area contributed by atoms with Crippen LogP contribution in [0.15, 0.2) is 22.8 Å². The van der Waals surface area contributed by atoms with Gasteiger partial charge in [0.05, 0.1) is 0 Å². The highest BCUT2D eigenvalue weighted by atomic mass is 14.3. The van der Waals surface area contributed by atoms with Crippen LogP contribution in [0.5, 0.6) is 0 Å². The second-order valence-corrected chi connectivity index (χ2v) is 5.11. The SMILES string of the molecule is C1=C2CCCCC2=C2CCCCCC12. The largest absolute Gasteiger partial charge is 0.0738 e. The smallest absolute Gasteiger partial charge is 0.00114 e. The van der Waals surface area contributed by atoms with E-state index in [2.05, 4.69) is 6.08 Å². The van der Waals surface area contributed by atoms with E-state index in [9.17, 15) is 0 Å². The molecule has 1 unspecified atom stereocenters. The van der Waals surface area contributed by atoms with Crippen molar-refractivity contribution in [3.05, 3.63) is 22.8 Å². The molecule has 3 aliphatic carbocycles. The van der Waals surface area contributed by atoms with Crippen molar-refractivity contribution in [3.63, 3.8) is 0 Å². The first-order valence-electron chi connectivity index (χ1n) is 6.38. The highest BCUT2D eigenvalue weighted by molar-refractivity contribution is 5.46. The van der Waals surface area contributed by atoms with Gasteiger partial charge in [0.2, 0.25) is 0 Å². The maximum atomic E-state index is 2.62. The van der Waals surface area contributed by atoms with Gasteiger partial charge in [-0.3, -0.25) is 0 Å². The predicted octanol–water partition coefficient (Wildman–Crippen LogP) is 4.38. The summed E-state index contributed by atoms with van der Waals surface area (Å²) in [6.07, 6.45) is 15.5. The lowest BCUT2D eigenvalue weighted by Crippen LogP contribution is -1.99. The van der Waals surface area contributed by atoms with E-state index in [0.29, 0.717) is 0 Å². The van der Waals surface area contributed by atoms with Crippen molar-refractivity contribution in [1.29, 1.82) is 0 Å². The Morgan fingerprint density at radius 1 is 0.857 bits per heavy atom. The fraction of sp³-hybridized carbons (Fsp3) is 0.714. The van der Waals surface area contributed by atoms with Crippen molar-refractivity contribution in [2.24, 2.45) is 5.92 Å². The van der Waals surface area contributed by atoms with Crippen molar-refractivity contribution in [1.82, 2.24) is 0 Å². The minimum Gasteiger partial charge on any atom is -0.0738 e. The minimum absolute atomic E-state index is 0.876. The second kappa shape index (κ2) is 3.56. The normalized spacial score (nSPS) is 32.0. The van der Waals surface area contributed by atoms with Crippen LogP contribution in [0.1, 0.15) is 57.8 Å². The molecule has 0 heterocycles. The summed E-state index contributed by atoms with van der Waals surface area (Å²) >= 11 is 0. The molecule has 0 radical (unpaired) electrons. The van der Waals surface area contributed by atoms with Gasteiger partial charge in [-0.05, 0) is 62.0 Å². The first-order valence-corrected chi connectivity index (χ1v) is 6.38. The minimum atomic E-state index is 0.876. The van der Waals surface area contributed by atoms with E-state index in [0.717, 1.165) is 5.92 Å². The number of rotatable bonds is 0. The molecule has 1 atom stereocenters. The Hall–Kier alpha value is -0.520. The molecule has 2 fully saturated rings. The Morgan fingerprint density at radius 3 is 2.71 bits per heavy atom. The summed E-state index contributed by atoms with van der Waals surface area (Å²) in [5.41, 5.74) is 5.42. The molecule has 0 saturated heterocycles. The van der Waals surface area contributed by atoms with Gasteiger partial charge in [0.25, 0.3) is 0 Å². The first kappa shape index (κ1) is 8.76. The lowest BCUT2D eigenvalue weighted by Gasteiger charge is -2.17. The van der Waals surface area contributed by atoms with Crippen LogP contribution in [0, 0.1) is 5.92 Å². The van der Waals surface area contributed by atoms with Crippen molar-refractivity contribution >= 4 is 0 Å². The molecule has 0 spiro atoms. The van der Waals surface area contributed by atoms with E-state index in [1.54, 1.807) is 5.57 Å². The van der Waals surface area contributed by atoms with Crippen LogP contribution in [-0.4, -0.2) is 0 Å². The predicted molar refractivity (Wildman–Crippen MR) is 60.2 cm³/mol. The van der Waals surface area contributed by atoms with Crippen molar-refractivity contribution in [2.75, 3.05) is 0 Å². The van der Waals surface area contributed by atoms with Gasteiger partial charge >= 0.3 is 0 Å². The van der Waals surface area contributed by atoms with Crippen LogP contribution < -0.4 is 0 Å². The lowest BCUT2D eigenvalue weighted by atomic mass is 9.88. The Kier molecular flexibility index (Phi) is 2.23. The molecular formula is C14H20. The zero-order chi connectivity index (χ0) is 9.38. The third kappa shape index (κ3) is 1.36. The zero-order valence-electron chi connectivity index (χ0n) is 9.02. The molecule has 2 saturated carbocycles. The number of hydrogen-bond acceptors (Lipinski definition) is 0. The van der Waals surface area contributed by atoms with E-state index in [4.69, 9.17) is 0 Å². The molecule has 0 aromatic carbocycles. The number of hydrogen-bond donors (Lipinski definition) is 0. The third-order valence-corrected chi connectivity index (χ3v) is 4.21. The summed E-state index contributed by atoms with van der Waals surface area (Å²) in [4.78, 5) is 0. The first-order chi connectivity index (χ1) is 6.95. The van der Waals surface area contributed by atoms with Crippen LogP contribution in [0.3, 0.4) is 0 Å². The van der Waals surface area contributed by atoms with Crippen LogP contribution >= 0.6 is 0 Å². The second-order valence-electron chi connectivity index (χ2n) is 5.11. The fourth-order valence-corrected chi connectivity index (χ4v) is 3.50. The van der Waals surface area contributed by atoms with Crippen molar-refractivity contribution in [2.45, 2.75) is 57.8 Å². The molecule has 0 amide bonds. The summed E-state index contributed by atoms with van der Waals surface area (Å²) in [7, 11) is 0. The molecule has 14 heavy (non-hydrogen) atoms. The summed E-state index contributed by atoms with van der Waals surface area (Å²) in [6, 6.07) is 0. The molecule has 3 aliphatic rings. The summed E-state index contributed by atoms with van der Waals surface area (Å²) in [5, 5.41) is 0. The Morgan fingerprint density at radius 2 is 1.71 bits per heavy atom. The molecule has 76 valence electrons. The summed E-state index contributed by atoms with van der Waals surface area (Å²) < 4.78 is 0. The van der Waals surface area contributed by atoms with Gasteiger partial charge in [-0.2, -0.15) is 0 Å². The topological polar surface area (TPSA) is 0 Å². The van der Waals surface area contributed by atoms with Gasteiger partial charge in [-0.25, -0.2) is 0 Å². The lowest BCUT2D eigenvalue weighted by molar-refractivity contribution is 0.645. The fourth-order valence-electron chi connectivity index (χ4n) is 3.50. The average molecular weight is 188 g/mol. The van der Waals surface area contributed by atoms with Crippen LogP contribution in [0.2, 0.25) is 0 Å². The highest BCUT2D eigenvalue weighted by Crippen LogP contribution is 2.45. The van der Waals surface area contributed by atoms with E-state index < -0.39 is 0 Å². The summed E-state index contributed by atoms with van der Waals surface area (Å²) in [5.74, 6) is 0.876. The van der Waals surface area contributed by atoms with Crippen LogP contribution in [-0.2, 0) is 0 Å². The quantitative estimate of drug-likeness (QED) is 0.529. The van der Waals surface area contributed by atoms with Gasteiger partial charge in [-0.15, -0.1) is 0 Å². The van der Waals surface area contributed by atoms with Gasteiger partial charge < -0.3 is 0 Å². The molecule has 0 aromatic rings. The molecule has 0 nitrogen and oxygen atoms in total. The molecule has 0 aliphatic heterocycles. The number of fused-ring (bicyclic) bond motifs is 2. The van der Waals surface area contributed by atoms with Gasteiger partial charge in [0.1, 0.15) is 0 Å². The van der Waals surface area contributed by atoms with Crippen molar-refractivity contribution in [3.8, 4) is 0 Å². The van der Waals surface area contributed by atoms with Crippen LogP contribution in [0.25, 0.3) is 0 Å². The Labute approximate surface area is 87.1 Å². The summed E-state index contributed by atoms with van der Waals surface area (Å²) in [6.45, 7) is 0. The van der Waals surface area contributed by atoms with Gasteiger partial charge in [0.15, 0.2) is 0 Å². The molecule has 0 aromatic heterocycles. The van der Waals surface area contributed by atoms with E-state index in [1.165, 1.54) is 57.8 Å². The molecule has 0 heteroatoms. The molecular weight excluding hydrogens is 168 g/mol. The Bertz CT molecular complexity index is 293. The van der Waals surface area contributed by atoms with Gasteiger partial charge in [-0.1, -0.05) is 24.5 Å². The maximum Gasteiger partial charge on any atom is -0.00114 e. The van der Waals surface area contributed by atoms with Crippen LogP contribution in [0.4, 0.5) is 0 Å². The average Bonchev–Trinajstić information content (AvgIpc) is 2.42. The number of allylic oxidation sites excluding steroid dienone is 4. The Balaban J connectivity index is 1.93. The van der Waals surface area contributed by atoms with E-state index in [1.807, 2.05) is 11.1 Å². The zero-order valence-corrected chi connectivity index (χ0v) is 9.02. The maximum absolute atomic E-state index is 2.62. The standard InChI is InChI=1S/C14H20/c1-2-6-11-10-12-7-4-5-9-14(12)13(11)8-3-1/h10-11H,1-9H2. The molecule has 3 rings (SSSR count). The van der Waals surface area contributed by atoms with Crippen molar-refractivity contribution < 1.29 is 0 Å². The highest BCUT2D eigenvalue weighted by Gasteiger charge is 2.28. The third-order valence-electron chi connectivity index (χ3n) is 4.21. The molecule has 0 bridgehead atoms. The van der Waals surface area contributed by atoms with Gasteiger partial charge in [0, 0.05) is 0 Å². The monoisotopic (exact) mass is 188 g/mol.